The Balaban J connectivity index is 1.41. The summed E-state index contributed by atoms with van der Waals surface area (Å²) in [7, 11) is 0. The van der Waals surface area contributed by atoms with Crippen molar-refractivity contribution < 1.29 is 32.9 Å². The molecule has 8 bridgehead atoms. The Labute approximate surface area is 242 Å². The van der Waals surface area contributed by atoms with E-state index in [2.05, 4.69) is 16.4 Å². The van der Waals surface area contributed by atoms with E-state index in [1.54, 1.807) is 6.26 Å². The fraction of sp³-hybridized carbons (Fsp3) is 0.594. The second kappa shape index (κ2) is 13.3. The van der Waals surface area contributed by atoms with Gasteiger partial charge in [0.25, 0.3) is 0 Å². The lowest BCUT2D eigenvalue weighted by Crippen LogP contribution is -2.50. The van der Waals surface area contributed by atoms with Gasteiger partial charge in [-0.25, -0.2) is 14.6 Å². The van der Waals surface area contributed by atoms with E-state index in [0.717, 1.165) is 36.8 Å². The molecular weight excluding hydrogens is 524 g/mol. The molecule has 9 nitrogen and oxygen atoms in total. The monoisotopic (exact) mass is 564 g/mol. The number of ether oxygens (including phenoxy) is 5. The van der Waals surface area contributed by atoms with Crippen molar-refractivity contribution >= 4 is 12.0 Å². The number of esters is 1. The molecule has 9 atom stereocenters. The van der Waals surface area contributed by atoms with Crippen LogP contribution in [0.2, 0.25) is 0 Å². The van der Waals surface area contributed by atoms with E-state index in [9.17, 15) is 4.79 Å². The molecule has 220 valence electrons. The van der Waals surface area contributed by atoms with Crippen LogP contribution in [0.5, 0.6) is 0 Å². The lowest BCUT2D eigenvalue weighted by atomic mass is 9.79. The molecule has 5 heterocycles. The van der Waals surface area contributed by atoms with E-state index in [0.29, 0.717) is 31.0 Å². The molecule has 0 saturated carbocycles. The van der Waals surface area contributed by atoms with E-state index < -0.39 is 6.29 Å². The predicted molar refractivity (Wildman–Crippen MR) is 151 cm³/mol. The van der Waals surface area contributed by atoms with Crippen molar-refractivity contribution in [3.8, 4) is 0 Å². The van der Waals surface area contributed by atoms with Crippen molar-refractivity contribution in [2.24, 2.45) is 11.8 Å². The molecule has 9 heteroatoms. The average Bonchev–Trinajstić information content (AvgIpc) is 3.41. The van der Waals surface area contributed by atoms with Gasteiger partial charge in [-0.1, -0.05) is 45.1 Å². The number of nitrogens with zero attached hydrogens (tertiary/aromatic N) is 2. The highest BCUT2D eigenvalue weighted by Gasteiger charge is 2.43. The SMILES string of the molecule is [C-]#[N+]/C=C(\C)[C@@H]1O[C@@H]2C/C=C/c3nc(co3)[C@H]3OCC[C@@H](C[C@H]4CC(=C)C[C@H](C/C=C\C(=O)O[C@@H]([C@H]2C)[C@H]1C)O4)O3. The Hall–Kier alpha value is -3.03. The van der Waals surface area contributed by atoms with Crippen LogP contribution in [0.4, 0.5) is 0 Å². The van der Waals surface area contributed by atoms with Gasteiger partial charge < -0.3 is 28.1 Å². The first-order valence-corrected chi connectivity index (χ1v) is 14.6. The van der Waals surface area contributed by atoms with Crippen LogP contribution in [-0.4, -0.2) is 54.2 Å². The van der Waals surface area contributed by atoms with E-state index in [1.165, 1.54) is 12.3 Å². The van der Waals surface area contributed by atoms with Crippen molar-refractivity contribution in [1.82, 2.24) is 4.98 Å². The number of hydrogen-bond donors (Lipinski definition) is 0. The maximum atomic E-state index is 13.0. The standard InChI is InChI=1S/C32H40N2O7/c1-19-14-23-8-6-11-29(35)41-31-21(3)27(40-30(22(31)4)20(2)17-33-5)9-7-10-28-34-26(18-37-28)32-36-13-12-24(39-32)16-25(15-19)38-23/h6-7,10-11,17-18,21-25,27,30-32H,1,8-9,12-16H2,2-4H3/b10-7+,11-6-,20-17+/t21-,22-,23-,24-,25+,27+,30-,31-,32-/m0/s1. The van der Waals surface area contributed by atoms with Gasteiger partial charge in [-0.2, -0.15) is 0 Å². The molecule has 3 saturated heterocycles. The van der Waals surface area contributed by atoms with Crippen LogP contribution in [0, 0.1) is 18.4 Å². The minimum absolute atomic E-state index is 0.0141. The molecule has 0 N–H and O–H groups in total. The highest BCUT2D eigenvalue weighted by atomic mass is 16.7. The summed E-state index contributed by atoms with van der Waals surface area (Å²) in [6.45, 7) is 18.0. The first-order chi connectivity index (χ1) is 19.8. The number of fused-ring (bicyclic) bond motifs is 9. The molecule has 5 rings (SSSR count). The van der Waals surface area contributed by atoms with Crippen LogP contribution >= 0.6 is 0 Å². The molecule has 0 aromatic carbocycles. The minimum atomic E-state index is -0.593. The van der Waals surface area contributed by atoms with Crippen LogP contribution in [0.3, 0.4) is 0 Å². The quantitative estimate of drug-likeness (QED) is 0.229. The van der Waals surface area contributed by atoms with Crippen molar-refractivity contribution in [2.45, 2.75) is 102 Å². The Morgan fingerprint density at radius 2 is 1.88 bits per heavy atom. The largest absolute Gasteiger partial charge is 0.458 e. The molecule has 1 aromatic heterocycles. The van der Waals surface area contributed by atoms with Gasteiger partial charge >= 0.3 is 5.97 Å². The summed E-state index contributed by atoms with van der Waals surface area (Å²) in [5, 5.41) is 0. The first kappa shape index (κ1) is 29.5. The van der Waals surface area contributed by atoms with E-state index in [1.807, 2.05) is 39.0 Å². The normalized spacial score (nSPS) is 38.6. The average molecular weight is 565 g/mol. The summed E-state index contributed by atoms with van der Waals surface area (Å²) in [6, 6.07) is 0. The summed E-state index contributed by atoms with van der Waals surface area (Å²) in [6.07, 6.45) is 12.7. The molecule has 0 spiro atoms. The van der Waals surface area contributed by atoms with E-state index in [4.69, 9.17) is 34.7 Å². The molecule has 3 fully saturated rings. The summed E-state index contributed by atoms with van der Waals surface area (Å²) >= 11 is 0. The zero-order valence-corrected chi connectivity index (χ0v) is 24.1. The van der Waals surface area contributed by atoms with Crippen LogP contribution in [0.25, 0.3) is 10.9 Å². The van der Waals surface area contributed by atoms with Gasteiger partial charge in [0.15, 0.2) is 6.20 Å². The van der Waals surface area contributed by atoms with Gasteiger partial charge in [0, 0.05) is 24.3 Å². The number of oxazole rings is 1. The van der Waals surface area contributed by atoms with Gasteiger partial charge in [0.1, 0.15) is 18.1 Å². The second-order valence-corrected chi connectivity index (χ2v) is 11.6. The van der Waals surface area contributed by atoms with Gasteiger partial charge in [0.05, 0.1) is 43.7 Å². The third-order valence-electron chi connectivity index (χ3n) is 8.42. The molecule has 4 aliphatic heterocycles. The van der Waals surface area contributed by atoms with Gasteiger partial charge in [-0.3, -0.25) is 0 Å². The number of hydrogen-bond acceptors (Lipinski definition) is 8. The zero-order valence-electron chi connectivity index (χ0n) is 24.1. The fourth-order valence-electron chi connectivity index (χ4n) is 6.34. The number of aromatic nitrogens is 1. The lowest BCUT2D eigenvalue weighted by molar-refractivity contribution is -0.227. The number of carbonyl (C=O) groups excluding carboxylic acids is 1. The molecule has 1 aromatic rings. The number of carbonyl (C=O) groups is 1. The Morgan fingerprint density at radius 3 is 2.71 bits per heavy atom. The minimum Gasteiger partial charge on any atom is -0.458 e. The summed E-state index contributed by atoms with van der Waals surface area (Å²) in [5.41, 5.74) is 2.55. The summed E-state index contributed by atoms with van der Waals surface area (Å²) in [5.74, 6) is -0.145. The summed E-state index contributed by atoms with van der Waals surface area (Å²) < 4.78 is 36.7. The van der Waals surface area contributed by atoms with Crippen molar-refractivity contribution in [3.05, 3.63) is 71.4 Å². The molecule has 4 aliphatic rings. The molecule has 0 radical (unpaired) electrons. The molecule has 0 amide bonds. The maximum Gasteiger partial charge on any atom is 0.330 e. The fourth-order valence-corrected chi connectivity index (χ4v) is 6.34. The third-order valence-corrected chi connectivity index (χ3v) is 8.42. The van der Waals surface area contributed by atoms with Crippen LogP contribution in [0.1, 0.15) is 77.2 Å². The van der Waals surface area contributed by atoms with E-state index in [-0.39, 0.29) is 54.4 Å². The molecular formula is C32H40N2O7. The second-order valence-electron chi connectivity index (χ2n) is 11.6. The Bertz CT molecular complexity index is 1230. The molecule has 0 unspecified atom stereocenters. The van der Waals surface area contributed by atoms with Crippen molar-refractivity contribution in [3.63, 3.8) is 0 Å². The maximum absolute atomic E-state index is 13.0. The van der Waals surface area contributed by atoms with Gasteiger partial charge in [-0.05, 0) is 43.8 Å². The highest BCUT2D eigenvalue weighted by Crippen LogP contribution is 2.38. The van der Waals surface area contributed by atoms with Crippen LogP contribution < -0.4 is 0 Å². The molecule has 0 aliphatic carbocycles. The van der Waals surface area contributed by atoms with Crippen molar-refractivity contribution in [2.75, 3.05) is 6.61 Å². The Kier molecular flexibility index (Phi) is 9.56. The first-order valence-electron chi connectivity index (χ1n) is 14.6. The third kappa shape index (κ3) is 7.25. The predicted octanol–water partition coefficient (Wildman–Crippen LogP) is 6.11. The lowest BCUT2D eigenvalue weighted by Gasteiger charge is -2.44. The molecule has 41 heavy (non-hydrogen) atoms. The zero-order chi connectivity index (χ0) is 28.9. The van der Waals surface area contributed by atoms with Crippen LogP contribution in [0.15, 0.2) is 52.8 Å². The van der Waals surface area contributed by atoms with Crippen molar-refractivity contribution in [1.29, 1.82) is 0 Å². The van der Waals surface area contributed by atoms with Gasteiger partial charge in [0.2, 0.25) is 12.2 Å². The topological polar surface area (TPSA) is 93.6 Å². The smallest absolute Gasteiger partial charge is 0.330 e. The van der Waals surface area contributed by atoms with Gasteiger partial charge in [-0.15, -0.1) is 0 Å². The number of rotatable bonds is 1. The summed E-state index contributed by atoms with van der Waals surface area (Å²) in [4.78, 5) is 21.0. The van der Waals surface area contributed by atoms with E-state index >= 15 is 0 Å². The van der Waals surface area contributed by atoms with Crippen LogP contribution in [-0.2, 0) is 28.5 Å². The Morgan fingerprint density at radius 1 is 1.07 bits per heavy atom. The highest BCUT2D eigenvalue weighted by molar-refractivity contribution is 5.82.